The van der Waals surface area contributed by atoms with E-state index in [2.05, 4.69) is 36.1 Å². The normalized spacial score (nSPS) is 25.0. The molecular weight excluding hydrogens is 226 g/mol. The SMILES string of the molecule is CCc1ccc([C@H]2CCN(C)C[C@@H]2C(=O)O)cc1. The van der Waals surface area contributed by atoms with Crippen LogP contribution in [0.1, 0.15) is 30.4 Å². The van der Waals surface area contributed by atoms with Crippen LogP contribution in [0.3, 0.4) is 0 Å². The molecule has 0 saturated carbocycles. The van der Waals surface area contributed by atoms with Crippen molar-refractivity contribution in [1.29, 1.82) is 0 Å². The van der Waals surface area contributed by atoms with Crippen molar-refractivity contribution < 1.29 is 9.90 Å². The highest BCUT2D eigenvalue weighted by Crippen LogP contribution is 2.32. The van der Waals surface area contributed by atoms with Crippen LogP contribution in [0.15, 0.2) is 24.3 Å². The van der Waals surface area contributed by atoms with Crippen LogP contribution in [0.25, 0.3) is 0 Å². The summed E-state index contributed by atoms with van der Waals surface area (Å²) in [6.07, 6.45) is 1.95. The molecule has 18 heavy (non-hydrogen) atoms. The van der Waals surface area contributed by atoms with E-state index in [9.17, 15) is 9.90 Å². The molecule has 1 saturated heterocycles. The number of carbonyl (C=O) groups is 1. The van der Waals surface area contributed by atoms with Crippen LogP contribution in [-0.2, 0) is 11.2 Å². The summed E-state index contributed by atoms with van der Waals surface area (Å²) in [5.74, 6) is -0.799. The first-order valence-electron chi connectivity index (χ1n) is 6.62. The fourth-order valence-electron chi connectivity index (χ4n) is 2.76. The van der Waals surface area contributed by atoms with Crippen molar-refractivity contribution in [1.82, 2.24) is 4.90 Å². The van der Waals surface area contributed by atoms with Crippen molar-refractivity contribution in [3.05, 3.63) is 35.4 Å². The molecular formula is C15H21NO2. The molecule has 1 N–H and O–H groups in total. The van der Waals surface area contributed by atoms with E-state index in [0.717, 1.165) is 19.4 Å². The lowest BCUT2D eigenvalue weighted by Crippen LogP contribution is -2.40. The number of rotatable bonds is 3. The van der Waals surface area contributed by atoms with Gasteiger partial charge in [-0.15, -0.1) is 0 Å². The number of likely N-dealkylation sites (tertiary alicyclic amines) is 1. The van der Waals surface area contributed by atoms with E-state index in [1.54, 1.807) is 0 Å². The third-order valence-electron chi connectivity index (χ3n) is 3.95. The maximum absolute atomic E-state index is 11.4. The van der Waals surface area contributed by atoms with Gasteiger partial charge in [-0.1, -0.05) is 31.2 Å². The lowest BCUT2D eigenvalue weighted by atomic mass is 9.80. The van der Waals surface area contributed by atoms with Gasteiger partial charge in [0.2, 0.25) is 0 Å². The molecule has 0 aliphatic carbocycles. The number of benzene rings is 1. The topological polar surface area (TPSA) is 40.5 Å². The van der Waals surface area contributed by atoms with Gasteiger partial charge in [0.15, 0.2) is 0 Å². The van der Waals surface area contributed by atoms with Crippen molar-refractivity contribution in [2.45, 2.75) is 25.7 Å². The average Bonchev–Trinajstić information content (AvgIpc) is 2.39. The van der Waals surface area contributed by atoms with Gasteiger partial charge in [-0.25, -0.2) is 0 Å². The van der Waals surface area contributed by atoms with E-state index in [-0.39, 0.29) is 11.8 Å². The third kappa shape index (κ3) is 2.72. The van der Waals surface area contributed by atoms with Gasteiger partial charge in [-0.2, -0.15) is 0 Å². The predicted octanol–water partition coefficient (Wildman–Crippen LogP) is 2.37. The minimum Gasteiger partial charge on any atom is -0.481 e. The Morgan fingerprint density at radius 2 is 2.06 bits per heavy atom. The molecule has 1 aliphatic rings. The second kappa shape index (κ2) is 5.53. The standard InChI is InChI=1S/C15H21NO2/c1-3-11-4-6-12(7-5-11)13-8-9-16(2)10-14(13)15(17)18/h4-7,13-14H,3,8-10H2,1-2H3,(H,17,18)/t13-,14+/m1/s1. The van der Waals surface area contributed by atoms with Crippen LogP contribution in [0.4, 0.5) is 0 Å². The van der Waals surface area contributed by atoms with Crippen LogP contribution in [0, 0.1) is 5.92 Å². The van der Waals surface area contributed by atoms with Crippen molar-refractivity contribution in [3.63, 3.8) is 0 Å². The summed E-state index contributed by atoms with van der Waals surface area (Å²) < 4.78 is 0. The highest BCUT2D eigenvalue weighted by atomic mass is 16.4. The van der Waals surface area contributed by atoms with Gasteiger partial charge in [-0.05, 0) is 43.5 Å². The molecule has 2 atom stereocenters. The van der Waals surface area contributed by atoms with Gasteiger partial charge in [0.1, 0.15) is 0 Å². The number of hydrogen-bond donors (Lipinski definition) is 1. The Hall–Kier alpha value is -1.35. The van der Waals surface area contributed by atoms with Gasteiger partial charge >= 0.3 is 5.97 Å². The molecule has 3 heteroatoms. The van der Waals surface area contributed by atoms with E-state index < -0.39 is 5.97 Å². The molecule has 3 nitrogen and oxygen atoms in total. The summed E-state index contributed by atoms with van der Waals surface area (Å²) in [6, 6.07) is 8.44. The van der Waals surface area contributed by atoms with Gasteiger partial charge in [0, 0.05) is 6.54 Å². The first-order valence-corrected chi connectivity index (χ1v) is 6.62. The molecule has 1 heterocycles. The van der Waals surface area contributed by atoms with Crippen molar-refractivity contribution in [3.8, 4) is 0 Å². The second-order valence-corrected chi connectivity index (χ2v) is 5.20. The van der Waals surface area contributed by atoms with Crippen molar-refractivity contribution in [2.24, 2.45) is 5.92 Å². The quantitative estimate of drug-likeness (QED) is 0.891. The minimum absolute atomic E-state index is 0.157. The number of carboxylic acids is 1. The smallest absolute Gasteiger partial charge is 0.308 e. The molecule has 0 bridgehead atoms. The largest absolute Gasteiger partial charge is 0.481 e. The van der Waals surface area contributed by atoms with Crippen LogP contribution >= 0.6 is 0 Å². The fourth-order valence-corrected chi connectivity index (χ4v) is 2.76. The second-order valence-electron chi connectivity index (χ2n) is 5.20. The molecule has 1 aromatic carbocycles. The zero-order chi connectivity index (χ0) is 13.1. The number of piperidine rings is 1. The van der Waals surface area contributed by atoms with E-state index in [4.69, 9.17) is 0 Å². The Balaban J connectivity index is 2.20. The summed E-state index contributed by atoms with van der Waals surface area (Å²) >= 11 is 0. The Bertz CT molecular complexity index is 413. The van der Waals surface area contributed by atoms with E-state index in [1.165, 1.54) is 11.1 Å². The highest BCUT2D eigenvalue weighted by molar-refractivity contribution is 5.72. The van der Waals surface area contributed by atoms with Crippen LogP contribution in [-0.4, -0.2) is 36.1 Å². The van der Waals surface area contributed by atoms with Gasteiger partial charge < -0.3 is 10.0 Å². The van der Waals surface area contributed by atoms with E-state index in [1.807, 2.05) is 7.05 Å². The fraction of sp³-hybridized carbons (Fsp3) is 0.533. The van der Waals surface area contributed by atoms with Gasteiger partial charge in [0.05, 0.1) is 5.92 Å². The molecule has 0 unspecified atom stereocenters. The van der Waals surface area contributed by atoms with E-state index in [0.29, 0.717) is 6.54 Å². The van der Waals surface area contributed by atoms with Gasteiger partial charge in [-0.3, -0.25) is 4.79 Å². The molecule has 0 radical (unpaired) electrons. The van der Waals surface area contributed by atoms with Crippen LogP contribution in [0.2, 0.25) is 0 Å². The summed E-state index contributed by atoms with van der Waals surface area (Å²) in [5, 5.41) is 9.36. The lowest BCUT2D eigenvalue weighted by Gasteiger charge is -2.34. The molecule has 1 aliphatic heterocycles. The number of nitrogens with zero attached hydrogens (tertiary/aromatic N) is 1. The van der Waals surface area contributed by atoms with E-state index >= 15 is 0 Å². The minimum atomic E-state index is -0.675. The highest BCUT2D eigenvalue weighted by Gasteiger charge is 2.33. The Labute approximate surface area is 108 Å². The summed E-state index contributed by atoms with van der Waals surface area (Å²) in [4.78, 5) is 13.5. The zero-order valence-electron chi connectivity index (χ0n) is 11.1. The number of carboxylic acid groups (broad SMARTS) is 1. The first-order chi connectivity index (χ1) is 8.61. The number of aliphatic carboxylic acids is 1. The molecule has 98 valence electrons. The van der Waals surface area contributed by atoms with Crippen molar-refractivity contribution in [2.75, 3.05) is 20.1 Å². The Morgan fingerprint density at radius 1 is 1.39 bits per heavy atom. The van der Waals surface area contributed by atoms with Crippen molar-refractivity contribution >= 4 is 5.97 Å². The first kappa shape index (κ1) is 13.1. The Kier molecular flexibility index (Phi) is 4.02. The molecule has 1 aromatic rings. The summed E-state index contributed by atoms with van der Waals surface area (Å²) in [7, 11) is 1.99. The molecule has 0 aromatic heterocycles. The Morgan fingerprint density at radius 3 is 2.61 bits per heavy atom. The predicted molar refractivity (Wildman–Crippen MR) is 71.8 cm³/mol. The summed E-state index contributed by atoms with van der Waals surface area (Å²) in [6.45, 7) is 3.75. The summed E-state index contributed by atoms with van der Waals surface area (Å²) in [5.41, 5.74) is 2.48. The zero-order valence-corrected chi connectivity index (χ0v) is 11.1. The molecule has 1 fully saturated rings. The van der Waals surface area contributed by atoms with Gasteiger partial charge in [0.25, 0.3) is 0 Å². The monoisotopic (exact) mass is 247 g/mol. The maximum Gasteiger partial charge on any atom is 0.308 e. The number of aryl methyl sites for hydroxylation is 1. The molecule has 0 amide bonds. The van der Waals surface area contributed by atoms with Crippen LogP contribution in [0.5, 0.6) is 0 Å². The average molecular weight is 247 g/mol. The molecule has 2 rings (SSSR count). The maximum atomic E-state index is 11.4. The number of hydrogen-bond acceptors (Lipinski definition) is 2. The molecule has 0 spiro atoms. The van der Waals surface area contributed by atoms with Crippen LogP contribution < -0.4 is 0 Å². The third-order valence-corrected chi connectivity index (χ3v) is 3.95. The lowest BCUT2D eigenvalue weighted by molar-refractivity contribution is -0.144.